The zero-order valence-corrected chi connectivity index (χ0v) is 16.6. The van der Waals surface area contributed by atoms with Crippen molar-refractivity contribution in [3.05, 3.63) is 30.3 Å². The standard InChI is InChI=1S/C20H33N3S/c1-17(2)23(18(3)4)15-16-24-20(22-13-9-6-10-14-22)21-19-11-7-5-8-12-19/h5,7-8,11-12,17-18H,6,9-10,13-16H2,1-4H3. The quantitative estimate of drug-likeness (QED) is 0.532. The van der Waals surface area contributed by atoms with Crippen LogP contribution < -0.4 is 0 Å². The number of hydrogen-bond donors (Lipinski definition) is 0. The smallest absolute Gasteiger partial charge is 0.164 e. The number of benzene rings is 1. The fourth-order valence-electron chi connectivity index (χ4n) is 3.25. The first kappa shape index (κ1) is 19.3. The summed E-state index contributed by atoms with van der Waals surface area (Å²) in [6, 6.07) is 11.6. The Morgan fingerprint density at radius 2 is 1.67 bits per heavy atom. The molecule has 0 radical (unpaired) electrons. The van der Waals surface area contributed by atoms with Crippen LogP contribution in [0.15, 0.2) is 35.3 Å². The maximum Gasteiger partial charge on any atom is 0.164 e. The molecular weight excluding hydrogens is 314 g/mol. The lowest BCUT2D eigenvalue weighted by Gasteiger charge is -2.32. The molecule has 0 aliphatic carbocycles. The molecule has 0 bridgehead atoms. The minimum Gasteiger partial charge on any atom is -0.351 e. The third-order valence-corrected chi connectivity index (χ3v) is 5.51. The van der Waals surface area contributed by atoms with Crippen molar-refractivity contribution >= 4 is 22.6 Å². The van der Waals surface area contributed by atoms with Crippen LogP contribution in [-0.2, 0) is 0 Å². The average molecular weight is 348 g/mol. The van der Waals surface area contributed by atoms with E-state index in [4.69, 9.17) is 4.99 Å². The van der Waals surface area contributed by atoms with Crippen molar-refractivity contribution in [2.24, 2.45) is 4.99 Å². The van der Waals surface area contributed by atoms with Crippen LogP contribution in [0.2, 0.25) is 0 Å². The van der Waals surface area contributed by atoms with Crippen LogP contribution in [0.3, 0.4) is 0 Å². The van der Waals surface area contributed by atoms with E-state index in [1.54, 1.807) is 0 Å². The molecule has 0 N–H and O–H groups in total. The van der Waals surface area contributed by atoms with Gasteiger partial charge in [0, 0.05) is 37.5 Å². The molecule has 1 aliphatic rings. The Bertz CT molecular complexity index is 485. The van der Waals surface area contributed by atoms with E-state index >= 15 is 0 Å². The Morgan fingerprint density at radius 1 is 1.04 bits per heavy atom. The lowest BCUT2D eigenvalue weighted by Crippen LogP contribution is -2.39. The lowest BCUT2D eigenvalue weighted by molar-refractivity contribution is 0.187. The fourth-order valence-corrected chi connectivity index (χ4v) is 4.27. The molecule has 0 aromatic heterocycles. The molecular formula is C20H33N3S. The zero-order chi connectivity index (χ0) is 17.4. The van der Waals surface area contributed by atoms with E-state index in [0.717, 1.165) is 31.1 Å². The second-order valence-electron chi connectivity index (χ2n) is 7.05. The third-order valence-electron chi connectivity index (χ3n) is 4.51. The Kier molecular flexibility index (Phi) is 8.13. The topological polar surface area (TPSA) is 18.8 Å². The van der Waals surface area contributed by atoms with E-state index in [1.165, 1.54) is 24.4 Å². The number of hydrogen-bond acceptors (Lipinski definition) is 3. The molecule has 1 fully saturated rings. The van der Waals surface area contributed by atoms with E-state index in [0.29, 0.717) is 12.1 Å². The predicted molar refractivity (Wildman–Crippen MR) is 108 cm³/mol. The molecule has 0 amide bonds. The summed E-state index contributed by atoms with van der Waals surface area (Å²) in [7, 11) is 0. The van der Waals surface area contributed by atoms with Crippen LogP contribution in [-0.4, -0.2) is 52.4 Å². The summed E-state index contributed by atoms with van der Waals surface area (Å²) in [6.45, 7) is 12.6. The molecule has 1 aromatic carbocycles. The molecule has 24 heavy (non-hydrogen) atoms. The second-order valence-corrected chi connectivity index (χ2v) is 8.11. The van der Waals surface area contributed by atoms with Crippen molar-refractivity contribution in [1.82, 2.24) is 9.80 Å². The van der Waals surface area contributed by atoms with Crippen LogP contribution in [0.5, 0.6) is 0 Å². The molecule has 3 nitrogen and oxygen atoms in total. The Labute approximate surface area is 152 Å². The van der Waals surface area contributed by atoms with Gasteiger partial charge in [-0.05, 0) is 59.1 Å². The van der Waals surface area contributed by atoms with Gasteiger partial charge < -0.3 is 4.90 Å². The number of aliphatic imine (C=N–C) groups is 1. The number of para-hydroxylation sites is 1. The van der Waals surface area contributed by atoms with Gasteiger partial charge in [0.1, 0.15) is 0 Å². The first-order valence-corrected chi connectivity index (χ1v) is 10.3. The molecule has 1 aromatic rings. The van der Waals surface area contributed by atoms with Crippen molar-refractivity contribution in [1.29, 1.82) is 0 Å². The summed E-state index contributed by atoms with van der Waals surface area (Å²) in [5.41, 5.74) is 1.06. The van der Waals surface area contributed by atoms with Crippen LogP contribution >= 0.6 is 11.8 Å². The molecule has 1 aliphatic heterocycles. The first-order valence-electron chi connectivity index (χ1n) is 9.35. The van der Waals surface area contributed by atoms with E-state index < -0.39 is 0 Å². The van der Waals surface area contributed by atoms with Crippen molar-refractivity contribution in [3.63, 3.8) is 0 Å². The maximum absolute atomic E-state index is 4.96. The lowest BCUT2D eigenvalue weighted by atomic mass is 10.1. The van der Waals surface area contributed by atoms with Crippen LogP contribution in [0, 0.1) is 0 Å². The molecule has 2 rings (SSSR count). The molecule has 1 heterocycles. The van der Waals surface area contributed by atoms with Gasteiger partial charge >= 0.3 is 0 Å². The normalized spacial score (nSPS) is 16.5. The van der Waals surface area contributed by atoms with Gasteiger partial charge in [0.15, 0.2) is 5.17 Å². The number of piperidine rings is 1. The average Bonchev–Trinajstić information content (AvgIpc) is 2.58. The van der Waals surface area contributed by atoms with Crippen LogP contribution in [0.1, 0.15) is 47.0 Å². The number of rotatable bonds is 6. The van der Waals surface area contributed by atoms with Gasteiger partial charge in [-0.1, -0.05) is 30.0 Å². The van der Waals surface area contributed by atoms with Gasteiger partial charge in [-0.15, -0.1) is 0 Å². The summed E-state index contributed by atoms with van der Waals surface area (Å²) in [4.78, 5) is 10.00. The Morgan fingerprint density at radius 3 is 2.25 bits per heavy atom. The number of nitrogens with zero attached hydrogens (tertiary/aromatic N) is 3. The zero-order valence-electron chi connectivity index (χ0n) is 15.7. The molecule has 0 spiro atoms. The largest absolute Gasteiger partial charge is 0.351 e. The fraction of sp³-hybridized carbons (Fsp3) is 0.650. The molecule has 134 valence electrons. The predicted octanol–water partition coefficient (Wildman–Crippen LogP) is 5.01. The van der Waals surface area contributed by atoms with Gasteiger partial charge in [0.2, 0.25) is 0 Å². The second kappa shape index (κ2) is 10.1. The number of amidine groups is 1. The summed E-state index contributed by atoms with van der Waals surface area (Å²) >= 11 is 1.92. The van der Waals surface area contributed by atoms with E-state index in [2.05, 4.69) is 67.8 Å². The van der Waals surface area contributed by atoms with Gasteiger partial charge in [0.05, 0.1) is 5.69 Å². The molecule has 0 saturated carbocycles. The first-order chi connectivity index (χ1) is 11.6. The summed E-state index contributed by atoms with van der Waals surface area (Å²) in [6.07, 6.45) is 3.94. The van der Waals surface area contributed by atoms with Gasteiger partial charge in [-0.3, -0.25) is 4.90 Å². The van der Waals surface area contributed by atoms with Gasteiger partial charge in [-0.25, -0.2) is 4.99 Å². The summed E-state index contributed by atoms with van der Waals surface area (Å²) < 4.78 is 0. The highest BCUT2D eigenvalue weighted by atomic mass is 32.2. The maximum atomic E-state index is 4.96. The van der Waals surface area contributed by atoms with Crippen molar-refractivity contribution < 1.29 is 0 Å². The number of thioether (sulfide) groups is 1. The molecule has 0 atom stereocenters. The number of likely N-dealkylation sites (tertiary alicyclic amines) is 1. The Hall–Kier alpha value is -1.00. The van der Waals surface area contributed by atoms with Crippen molar-refractivity contribution in [2.75, 3.05) is 25.4 Å². The SMILES string of the molecule is CC(C)N(CCSC(=Nc1ccccc1)N1CCCCC1)C(C)C. The minimum atomic E-state index is 0.593. The van der Waals surface area contributed by atoms with Gasteiger partial charge in [0.25, 0.3) is 0 Å². The van der Waals surface area contributed by atoms with E-state index in [9.17, 15) is 0 Å². The molecule has 0 unspecified atom stereocenters. The van der Waals surface area contributed by atoms with Crippen LogP contribution in [0.25, 0.3) is 0 Å². The molecule has 4 heteroatoms. The Balaban J connectivity index is 2.02. The van der Waals surface area contributed by atoms with Crippen molar-refractivity contribution in [2.45, 2.75) is 59.0 Å². The van der Waals surface area contributed by atoms with E-state index in [1.807, 2.05) is 11.8 Å². The third kappa shape index (κ3) is 6.14. The van der Waals surface area contributed by atoms with E-state index in [-0.39, 0.29) is 0 Å². The minimum absolute atomic E-state index is 0.593. The highest BCUT2D eigenvalue weighted by Crippen LogP contribution is 2.21. The molecule has 1 saturated heterocycles. The van der Waals surface area contributed by atoms with Gasteiger partial charge in [-0.2, -0.15) is 0 Å². The highest BCUT2D eigenvalue weighted by molar-refractivity contribution is 8.13. The highest BCUT2D eigenvalue weighted by Gasteiger charge is 2.17. The van der Waals surface area contributed by atoms with Crippen molar-refractivity contribution in [3.8, 4) is 0 Å². The summed E-state index contributed by atoms with van der Waals surface area (Å²) in [5.74, 6) is 1.10. The monoisotopic (exact) mass is 347 g/mol. The summed E-state index contributed by atoms with van der Waals surface area (Å²) in [5, 5.41) is 1.20. The van der Waals surface area contributed by atoms with Crippen LogP contribution in [0.4, 0.5) is 5.69 Å².